The number of sulfonamides is 1. The zero-order chi connectivity index (χ0) is 7.78. The second-order valence-electron chi connectivity index (χ2n) is 1.84. The van der Waals surface area contributed by atoms with Crippen LogP contribution in [0.25, 0.3) is 0 Å². The highest BCUT2D eigenvalue weighted by molar-refractivity contribution is 8.13. The highest BCUT2D eigenvalue weighted by atomic mass is 32.2. The molecule has 1 unspecified atom stereocenters. The summed E-state index contributed by atoms with van der Waals surface area (Å²) < 4.78 is 22.6. The number of thioether (sulfide) groups is 1. The lowest BCUT2D eigenvalue weighted by atomic mass is 11.0. The summed E-state index contributed by atoms with van der Waals surface area (Å²) in [6, 6.07) is 0. The molecule has 0 saturated heterocycles. The molecule has 0 saturated carbocycles. The quantitative estimate of drug-likeness (QED) is 0.628. The standard InChI is InChI=1S/C4H7NO2S3/c1-10(6,7)5-2-3-9-4(5)8/h2-4,8H,1H3. The van der Waals surface area contributed by atoms with E-state index >= 15 is 0 Å². The van der Waals surface area contributed by atoms with Gasteiger partial charge in [-0.15, -0.1) is 12.6 Å². The van der Waals surface area contributed by atoms with Gasteiger partial charge in [-0.25, -0.2) is 8.42 Å². The van der Waals surface area contributed by atoms with Crippen LogP contribution in [0.5, 0.6) is 0 Å². The molecule has 1 aliphatic rings. The molecule has 0 aromatic rings. The Bertz CT molecular complexity index is 245. The molecule has 58 valence electrons. The molecule has 6 heteroatoms. The second kappa shape index (κ2) is 2.67. The van der Waals surface area contributed by atoms with Crippen molar-refractivity contribution < 1.29 is 8.42 Å². The summed E-state index contributed by atoms with van der Waals surface area (Å²) in [5.41, 5.74) is 0. The number of thiol groups is 1. The van der Waals surface area contributed by atoms with E-state index in [1.54, 1.807) is 5.41 Å². The van der Waals surface area contributed by atoms with Crippen LogP contribution in [0.2, 0.25) is 0 Å². The van der Waals surface area contributed by atoms with Crippen LogP contribution in [0.3, 0.4) is 0 Å². The number of nitrogens with zero attached hydrogens (tertiary/aromatic N) is 1. The van der Waals surface area contributed by atoms with Gasteiger partial charge < -0.3 is 0 Å². The monoisotopic (exact) mass is 197 g/mol. The number of hydrogen-bond donors (Lipinski definition) is 1. The van der Waals surface area contributed by atoms with Crippen molar-refractivity contribution in [2.75, 3.05) is 6.26 Å². The maximum absolute atomic E-state index is 10.9. The van der Waals surface area contributed by atoms with E-state index in [9.17, 15) is 8.42 Å². The van der Waals surface area contributed by atoms with Gasteiger partial charge in [-0.2, -0.15) is 0 Å². The van der Waals surface area contributed by atoms with E-state index in [1.165, 1.54) is 22.3 Å². The molecule has 1 aliphatic heterocycles. The maximum atomic E-state index is 10.9. The molecule has 0 aromatic carbocycles. The minimum atomic E-state index is -3.10. The molecule has 1 atom stereocenters. The van der Waals surface area contributed by atoms with E-state index in [0.29, 0.717) is 0 Å². The molecule has 3 nitrogen and oxygen atoms in total. The van der Waals surface area contributed by atoms with Crippen LogP contribution >= 0.6 is 24.4 Å². The van der Waals surface area contributed by atoms with Crippen LogP contribution < -0.4 is 0 Å². The van der Waals surface area contributed by atoms with Crippen LogP contribution in [-0.4, -0.2) is 23.7 Å². The molecule has 0 radical (unpaired) electrons. The van der Waals surface area contributed by atoms with Crippen molar-refractivity contribution in [1.29, 1.82) is 0 Å². The first kappa shape index (κ1) is 8.29. The van der Waals surface area contributed by atoms with Crippen molar-refractivity contribution in [1.82, 2.24) is 4.31 Å². The summed E-state index contributed by atoms with van der Waals surface area (Å²) in [6.45, 7) is 0. The van der Waals surface area contributed by atoms with E-state index in [1.807, 2.05) is 0 Å². The van der Waals surface area contributed by atoms with Gasteiger partial charge in [-0.3, -0.25) is 4.31 Å². The summed E-state index contributed by atoms with van der Waals surface area (Å²) in [6.07, 6.45) is 2.67. The van der Waals surface area contributed by atoms with Crippen molar-refractivity contribution in [3.63, 3.8) is 0 Å². The topological polar surface area (TPSA) is 37.4 Å². The molecule has 0 N–H and O–H groups in total. The molecule has 1 rings (SSSR count). The first-order valence-corrected chi connectivity index (χ1v) is 5.81. The number of hydrogen-bond acceptors (Lipinski definition) is 4. The van der Waals surface area contributed by atoms with Gasteiger partial charge in [0, 0.05) is 6.20 Å². The molecule has 0 amide bonds. The minimum Gasteiger partial charge on any atom is -0.254 e. The van der Waals surface area contributed by atoms with Crippen molar-refractivity contribution in [3.05, 3.63) is 11.6 Å². The fraction of sp³-hybridized carbons (Fsp3) is 0.500. The Morgan fingerprint density at radius 3 is 2.50 bits per heavy atom. The Labute approximate surface area is 69.9 Å². The van der Waals surface area contributed by atoms with Gasteiger partial charge in [0.25, 0.3) is 0 Å². The Morgan fingerprint density at radius 2 is 2.30 bits per heavy atom. The summed E-state index contributed by atoms with van der Waals surface area (Å²) in [5.74, 6) is 0. The lowest BCUT2D eigenvalue weighted by Gasteiger charge is -2.16. The van der Waals surface area contributed by atoms with Crippen LogP contribution in [0.15, 0.2) is 11.6 Å². The normalized spacial score (nSPS) is 25.8. The third-order valence-corrected chi connectivity index (χ3v) is 3.76. The Kier molecular flexibility index (Phi) is 2.21. The van der Waals surface area contributed by atoms with E-state index < -0.39 is 10.0 Å². The van der Waals surface area contributed by atoms with Gasteiger partial charge >= 0.3 is 0 Å². The van der Waals surface area contributed by atoms with Crippen molar-refractivity contribution >= 4 is 34.4 Å². The summed E-state index contributed by atoms with van der Waals surface area (Å²) in [7, 11) is -3.10. The first-order valence-electron chi connectivity index (χ1n) is 2.50. The van der Waals surface area contributed by atoms with E-state index in [4.69, 9.17) is 0 Å². The lowest BCUT2D eigenvalue weighted by molar-refractivity contribution is 0.535. The Balaban J connectivity index is 2.84. The zero-order valence-corrected chi connectivity index (χ0v) is 7.79. The predicted molar refractivity (Wildman–Crippen MR) is 46.2 cm³/mol. The van der Waals surface area contributed by atoms with Crippen LogP contribution in [0, 0.1) is 0 Å². The van der Waals surface area contributed by atoms with E-state index in [0.717, 1.165) is 6.26 Å². The maximum Gasteiger partial charge on any atom is 0.233 e. The average Bonchev–Trinajstić information content (AvgIpc) is 2.11. The summed E-state index contributed by atoms with van der Waals surface area (Å²) >= 11 is 5.39. The fourth-order valence-electron chi connectivity index (χ4n) is 0.573. The van der Waals surface area contributed by atoms with E-state index in [2.05, 4.69) is 12.6 Å². The lowest BCUT2D eigenvalue weighted by Crippen LogP contribution is -2.26. The smallest absolute Gasteiger partial charge is 0.233 e. The van der Waals surface area contributed by atoms with Gasteiger partial charge in [0.15, 0.2) is 0 Å². The largest absolute Gasteiger partial charge is 0.254 e. The predicted octanol–water partition coefficient (Wildman–Crippen LogP) is 0.679. The van der Waals surface area contributed by atoms with Crippen LogP contribution in [0.1, 0.15) is 0 Å². The van der Waals surface area contributed by atoms with Crippen molar-refractivity contribution in [3.8, 4) is 0 Å². The van der Waals surface area contributed by atoms with Crippen LogP contribution in [-0.2, 0) is 10.0 Å². The molecular weight excluding hydrogens is 190 g/mol. The van der Waals surface area contributed by atoms with Gasteiger partial charge in [-0.05, 0) is 5.41 Å². The molecule has 1 heterocycles. The molecule has 0 fully saturated rings. The molecule has 10 heavy (non-hydrogen) atoms. The van der Waals surface area contributed by atoms with Gasteiger partial charge in [0.05, 0.1) is 6.26 Å². The molecule has 0 spiro atoms. The minimum absolute atomic E-state index is 0.282. The SMILES string of the molecule is CS(=O)(=O)N1C=CSC1S. The Morgan fingerprint density at radius 1 is 1.70 bits per heavy atom. The summed E-state index contributed by atoms with van der Waals surface area (Å²) in [4.78, 5) is 0. The molecule has 0 aromatic heterocycles. The van der Waals surface area contributed by atoms with Gasteiger partial charge in [0.2, 0.25) is 10.0 Å². The third-order valence-electron chi connectivity index (χ3n) is 1.01. The first-order chi connectivity index (χ1) is 4.52. The molecule has 0 bridgehead atoms. The summed E-state index contributed by atoms with van der Waals surface area (Å²) in [5, 5.41) is 1.71. The van der Waals surface area contributed by atoms with Gasteiger partial charge in [-0.1, -0.05) is 11.8 Å². The van der Waals surface area contributed by atoms with Gasteiger partial charge in [0.1, 0.15) is 4.71 Å². The van der Waals surface area contributed by atoms with Crippen molar-refractivity contribution in [2.24, 2.45) is 0 Å². The highest BCUT2D eigenvalue weighted by Crippen LogP contribution is 2.29. The van der Waals surface area contributed by atoms with E-state index in [-0.39, 0.29) is 4.71 Å². The third kappa shape index (κ3) is 1.62. The molecular formula is C4H7NO2S3. The highest BCUT2D eigenvalue weighted by Gasteiger charge is 2.23. The average molecular weight is 197 g/mol. The Hall–Kier alpha value is 0.190. The number of rotatable bonds is 1. The van der Waals surface area contributed by atoms with Crippen molar-refractivity contribution in [2.45, 2.75) is 4.71 Å². The molecule has 0 aliphatic carbocycles. The zero-order valence-electron chi connectivity index (χ0n) is 5.26. The second-order valence-corrected chi connectivity index (χ2v) is 5.56. The van der Waals surface area contributed by atoms with Crippen LogP contribution in [0.4, 0.5) is 0 Å². The fourth-order valence-corrected chi connectivity index (χ4v) is 3.21.